The predicted octanol–water partition coefficient (Wildman–Crippen LogP) is 2.97. The van der Waals surface area contributed by atoms with Gasteiger partial charge in [0.2, 0.25) is 0 Å². The van der Waals surface area contributed by atoms with Crippen LogP contribution >= 0.6 is 0 Å². The summed E-state index contributed by atoms with van der Waals surface area (Å²) in [5.74, 6) is 0.987. The van der Waals surface area contributed by atoms with Gasteiger partial charge in [-0.25, -0.2) is 4.98 Å². The van der Waals surface area contributed by atoms with E-state index in [1.807, 2.05) is 24.4 Å². The minimum absolute atomic E-state index is 0.252. The Balaban J connectivity index is 2.10. The molecule has 78 valence electrons. The zero-order valence-electron chi connectivity index (χ0n) is 8.77. The lowest BCUT2D eigenvalue weighted by Gasteiger charge is -2.15. The van der Waals surface area contributed by atoms with Gasteiger partial charge in [0.1, 0.15) is 5.82 Å². The van der Waals surface area contributed by atoms with Gasteiger partial charge in [0, 0.05) is 18.1 Å². The Morgan fingerprint density at radius 2 is 2.13 bits per heavy atom. The maximum Gasteiger partial charge on any atom is 0.128 e. The number of H-pyrrole nitrogens is 1. The van der Waals surface area contributed by atoms with E-state index in [0.29, 0.717) is 0 Å². The largest absolute Gasteiger partial charge is 0.375 e. The summed E-state index contributed by atoms with van der Waals surface area (Å²) < 4.78 is 0. The summed E-state index contributed by atoms with van der Waals surface area (Å²) in [6, 6.07) is 10.4. The van der Waals surface area contributed by atoms with Crippen LogP contribution in [0.2, 0.25) is 0 Å². The van der Waals surface area contributed by atoms with E-state index in [4.69, 9.17) is 0 Å². The van der Waals surface area contributed by atoms with Gasteiger partial charge >= 0.3 is 0 Å². The van der Waals surface area contributed by atoms with E-state index in [1.165, 1.54) is 0 Å². The van der Waals surface area contributed by atoms with Crippen molar-refractivity contribution in [3.05, 3.63) is 48.5 Å². The number of aromatic nitrogens is 2. The highest BCUT2D eigenvalue weighted by molar-refractivity contribution is 5.43. The lowest BCUT2D eigenvalue weighted by Crippen LogP contribution is -2.11. The van der Waals surface area contributed by atoms with Gasteiger partial charge in [-0.2, -0.15) is 0 Å². The minimum Gasteiger partial charge on any atom is -0.375 e. The molecule has 0 fully saturated rings. The average Bonchev–Trinajstić information content (AvgIpc) is 2.81. The Hall–Kier alpha value is -1.77. The Bertz CT molecular complexity index is 381. The number of imidazole rings is 1. The third-order valence-corrected chi connectivity index (χ3v) is 2.37. The molecular weight excluding hydrogens is 186 g/mol. The Kier molecular flexibility index (Phi) is 3.02. The van der Waals surface area contributed by atoms with Gasteiger partial charge in [-0.15, -0.1) is 0 Å². The monoisotopic (exact) mass is 201 g/mol. The summed E-state index contributed by atoms with van der Waals surface area (Å²) in [7, 11) is 0. The van der Waals surface area contributed by atoms with E-state index in [0.717, 1.165) is 17.9 Å². The van der Waals surface area contributed by atoms with E-state index >= 15 is 0 Å². The van der Waals surface area contributed by atoms with Crippen molar-refractivity contribution in [2.24, 2.45) is 0 Å². The first-order valence-corrected chi connectivity index (χ1v) is 5.21. The van der Waals surface area contributed by atoms with Crippen molar-refractivity contribution in [2.75, 3.05) is 5.32 Å². The summed E-state index contributed by atoms with van der Waals surface area (Å²) >= 11 is 0. The lowest BCUT2D eigenvalue weighted by molar-refractivity contribution is 0.704. The van der Waals surface area contributed by atoms with Crippen LogP contribution in [0, 0.1) is 0 Å². The summed E-state index contributed by atoms with van der Waals surface area (Å²) in [6.45, 7) is 2.14. The topological polar surface area (TPSA) is 40.7 Å². The second kappa shape index (κ2) is 4.64. The van der Waals surface area contributed by atoms with Crippen LogP contribution in [0.15, 0.2) is 42.7 Å². The van der Waals surface area contributed by atoms with Crippen molar-refractivity contribution in [2.45, 2.75) is 19.4 Å². The van der Waals surface area contributed by atoms with Crippen LogP contribution in [0.1, 0.15) is 25.2 Å². The van der Waals surface area contributed by atoms with Crippen LogP contribution in [-0.2, 0) is 0 Å². The van der Waals surface area contributed by atoms with E-state index in [1.54, 1.807) is 6.20 Å². The van der Waals surface area contributed by atoms with Gasteiger partial charge in [-0.1, -0.05) is 25.1 Å². The molecule has 1 aromatic heterocycles. The zero-order chi connectivity index (χ0) is 10.5. The molecule has 0 aliphatic heterocycles. The average molecular weight is 201 g/mol. The fourth-order valence-corrected chi connectivity index (χ4v) is 1.57. The first-order valence-electron chi connectivity index (χ1n) is 5.21. The van der Waals surface area contributed by atoms with Gasteiger partial charge in [-0.05, 0) is 18.6 Å². The maximum absolute atomic E-state index is 4.27. The number of benzene rings is 1. The first-order chi connectivity index (χ1) is 7.40. The molecular formula is C12H15N3. The normalized spacial score (nSPS) is 12.3. The molecule has 0 aliphatic carbocycles. The van der Waals surface area contributed by atoms with E-state index in [2.05, 4.69) is 34.3 Å². The smallest absolute Gasteiger partial charge is 0.128 e. The number of nitrogens with one attached hydrogen (secondary N) is 2. The van der Waals surface area contributed by atoms with Gasteiger partial charge < -0.3 is 10.3 Å². The van der Waals surface area contributed by atoms with Crippen LogP contribution in [0.5, 0.6) is 0 Å². The van der Waals surface area contributed by atoms with E-state index in [-0.39, 0.29) is 6.04 Å². The maximum atomic E-state index is 4.27. The second-order valence-corrected chi connectivity index (χ2v) is 3.45. The SMILES string of the molecule is CCC(Nc1ccccc1)c1ncc[nH]1. The standard InChI is InChI=1S/C12H15N3/c1-2-11(12-13-8-9-14-12)15-10-6-4-3-5-7-10/h3-9,11,15H,2H2,1H3,(H,13,14). The molecule has 15 heavy (non-hydrogen) atoms. The molecule has 0 aliphatic rings. The summed E-state index contributed by atoms with van der Waals surface area (Å²) in [5, 5.41) is 3.44. The fraction of sp³-hybridized carbons (Fsp3) is 0.250. The highest BCUT2D eigenvalue weighted by Gasteiger charge is 2.10. The summed E-state index contributed by atoms with van der Waals surface area (Å²) in [4.78, 5) is 7.40. The third-order valence-electron chi connectivity index (χ3n) is 2.37. The summed E-state index contributed by atoms with van der Waals surface area (Å²) in [5.41, 5.74) is 1.13. The Labute approximate surface area is 89.6 Å². The molecule has 0 spiro atoms. The third kappa shape index (κ3) is 2.37. The number of rotatable bonds is 4. The van der Waals surface area contributed by atoms with Crippen molar-refractivity contribution < 1.29 is 0 Å². The van der Waals surface area contributed by atoms with Crippen molar-refractivity contribution in [1.29, 1.82) is 0 Å². The number of para-hydroxylation sites is 1. The van der Waals surface area contributed by atoms with Crippen LogP contribution in [0.3, 0.4) is 0 Å². The Morgan fingerprint density at radius 3 is 2.73 bits per heavy atom. The molecule has 3 nitrogen and oxygen atoms in total. The molecule has 0 saturated heterocycles. The number of hydrogen-bond acceptors (Lipinski definition) is 2. The Morgan fingerprint density at radius 1 is 1.33 bits per heavy atom. The molecule has 2 rings (SSSR count). The molecule has 2 N–H and O–H groups in total. The molecule has 1 heterocycles. The van der Waals surface area contributed by atoms with Gasteiger partial charge in [0.25, 0.3) is 0 Å². The zero-order valence-corrected chi connectivity index (χ0v) is 8.77. The number of nitrogens with zero attached hydrogens (tertiary/aromatic N) is 1. The summed E-state index contributed by atoms with van der Waals surface area (Å²) in [6.07, 6.45) is 4.64. The molecule has 2 aromatic rings. The second-order valence-electron chi connectivity index (χ2n) is 3.45. The molecule has 1 atom stereocenters. The molecule has 0 radical (unpaired) electrons. The van der Waals surface area contributed by atoms with Crippen LogP contribution in [-0.4, -0.2) is 9.97 Å². The van der Waals surface area contributed by atoms with Crippen molar-refractivity contribution in [1.82, 2.24) is 9.97 Å². The first kappa shape index (κ1) is 9.77. The van der Waals surface area contributed by atoms with Crippen LogP contribution < -0.4 is 5.32 Å². The number of hydrogen-bond donors (Lipinski definition) is 2. The van der Waals surface area contributed by atoms with Crippen molar-refractivity contribution in [3.8, 4) is 0 Å². The molecule has 0 bridgehead atoms. The predicted molar refractivity (Wildman–Crippen MR) is 61.7 cm³/mol. The quantitative estimate of drug-likeness (QED) is 0.798. The molecule has 3 heteroatoms. The van der Waals surface area contributed by atoms with Crippen molar-refractivity contribution >= 4 is 5.69 Å². The number of anilines is 1. The van der Waals surface area contributed by atoms with Crippen LogP contribution in [0.4, 0.5) is 5.69 Å². The molecule has 1 unspecified atom stereocenters. The number of aromatic amines is 1. The van der Waals surface area contributed by atoms with Crippen LogP contribution in [0.25, 0.3) is 0 Å². The van der Waals surface area contributed by atoms with E-state index in [9.17, 15) is 0 Å². The highest BCUT2D eigenvalue weighted by atomic mass is 15.0. The molecule has 1 aromatic carbocycles. The van der Waals surface area contributed by atoms with Gasteiger partial charge in [0.15, 0.2) is 0 Å². The highest BCUT2D eigenvalue weighted by Crippen LogP contribution is 2.18. The molecule has 0 saturated carbocycles. The van der Waals surface area contributed by atoms with Gasteiger partial charge in [-0.3, -0.25) is 0 Å². The molecule has 0 amide bonds. The van der Waals surface area contributed by atoms with Gasteiger partial charge in [0.05, 0.1) is 6.04 Å². The minimum atomic E-state index is 0.252. The van der Waals surface area contributed by atoms with Crippen molar-refractivity contribution in [3.63, 3.8) is 0 Å². The van der Waals surface area contributed by atoms with E-state index < -0.39 is 0 Å². The lowest BCUT2D eigenvalue weighted by atomic mass is 10.2. The fourth-order valence-electron chi connectivity index (χ4n) is 1.57.